The van der Waals surface area contributed by atoms with Gasteiger partial charge in [0, 0.05) is 34.1 Å². The number of hydrogen-bond donors (Lipinski definition) is 0. The minimum absolute atomic E-state index is 1.03. The molecule has 0 saturated heterocycles. The van der Waals surface area contributed by atoms with Crippen LogP contribution < -0.4 is 9.80 Å². The highest BCUT2D eigenvalue weighted by atomic mass is 15.1. The third-order valence-corrected chi connectivity index (χ3v) is 12.4. The Labute approximate surface area is 402 Å². The summed E-state index contributed by atoms with van der Waals surface area (Å²) >= 11 is 0. The molecular weight excluding hydrogens is 821 g/mol. The summed E-state index contributed by atoms with van der Waals surface area (Å²) in [6.45, 7) is 12.0. The van der Waals surface area contributed by atoms with Gasteiger partial charge in [-0.05, 0) is 153 Å². The van der Waals surface area contributed by atoms with E-state index in [4.69, 9.17) is 0 Å². The molecule has 0 bridgehead atoms. The lowest BCUT2D eigenvalue weighted by molar-refractivity contribution is 1.28. The number of rotatable bonds is 15. The SMILES string of the molecule is C=C/C=C(\C=C)c1ccc(N(c2ccc(-c3ccccc3)cc2)c2ccc(-c3ccc(-c4ccc(N(c5ccc(C(/C=C\C)=C/C)cc5)c5ccc(-c6ccccc6)cc5)cc4)cc3)cc2)cc1. The quantitative estimate of drug-likeness (QED) is 0.0947. The second-order valence-electron chi connectivity index (χ2n) is 16.6. The second kappa shape index (κ2) is 21.1. The summed E-state index contributed by atoms with van der Waals surface area (Å²) in [7, 11) is 0. The minimum atomic E-state index is 1.03. The van der Waals surface area contributed by atoms with E-state index in [1.165, 1.54) is 39.0 Å². The summed E-state index contributed by atoms with van der Waals surface area (Å²) in [5.41, 5.74) is 20.4. The van der Waals surface area contributed by atoms with E-state index in [2.05, 4.69) is 286 Å². The van der Waals surface area contributed by atoms with Gasteiger partial charge < -0.3 is 9.80 Å². The molecule has 328 valence electrons. The van der Waals surface area contributed by atoms with Crippen molar-refractivity contribution < 1.29 is 0 Å². The zero-order valence-corrected chi connectivity index (χ0v) is 38.7. The van der Waals surface area contributed by atoms with E-state index in [0.717, 1.165) is 62.0 Å². The van der Waals surface area contributed by atoms with Gasteiger partial charge in [0.05, 0.1) is 0 Å². The molecule has 0 radical (unpaired) electrons. The summed E-state index contributed by atoms with van der Waals surface area (Å²) < 4.78 is 0. The predicted octanol–water partition coefficient (Wildman–Crippen LogP) is 19.0. The van der Waals surface area contributed by atoms with Crippen LogP contribution in [-0.2, 0) is 0 Å². The van der Waals surface area contributed by atoms with E-state index in [-0.39, 0.29) is 0 Å². The van der Waals surface area contributed by atoms with Crippen LogP contribution >= 0.6 is 0 Å². The van der Waals surface area contributed by atoms with E-state index in [1.54, 1.807) is 6.08 Å². The van der Waals surface area contributed by atoms with Gasteiger partial charge >= 0.3 is 0 Å². The van der Waals surface area contributed by atoms with Gasteiger partial charge in [-0.3, -0.25) is 0 Å². The van der Waals surface area contributed by atoms with Gasteiger partial charge in [-0.15, -0.1) is 0 Å². The van der Waals surface area contributed by atoms with E-state index >= 15 is 0 Å². The standard InChI is InChI=1S/C66H54N2/c1-5-15-49(7-3)53-25-37-61(38-26-53)67(63-41-29-57(30-42-63)51-17-11-9-12-18-51)65-45-33-59(34-46-65)55-21-23-56(24-22-55)60-35-47-66(48-36-60)68(62-39-27-54(28-40-62)50(8-4)16-6-2)64-43-31-58(32-44-64)52-19-13-10-14-20-52/h5-48H,1,3H2,2,4H3/b16-6-,49-15+,50-8+. The topological polar surface area (TPSA) is 6.48 Å². The molecule has 0 atom stereocenters. The molecule has 0 aliphatic heterocycles. The minimum Gasteiger partial charge on any atom is -0.311 e. The Bertz CT molecular complexity index is 3180. The highest BCUT2D eigenvalue weighted by Crippen LogP contribution is 2.40. The first-order valence-corrected chi connectivity index (χ1v) is 23.2. The lowest BCUT2D eigenvalue weighted by Crippen LogP contribution is -2.10. The third kappa shape index (κ3) is 9.91. The monoisotopic (exact) mass is 874 g/mol. The number of hydrogen-bond acceptors (Lipinski definition) is 2. The van der Waals surface area contributed by atoms with Crippen LogP contribution in [0.5, 0.6) is 0 Å². The zero-order chi connectivity index (χ0) is 46.7. The van der Waals surface area contributed by atoms with Crippen molar-refractivity contribution in [2.24, 2.45) is 0 Å². The molecule has 0 aliphatic rings. The first-order chi connectivity index (χ1) is 33.5. The van der Waals surface area contributed by atoms with Crippen molar-refractivity contribution >= 4 is 45.3 Å². The maximum atomic E-state index is 4.01. The molecule has 0 spiro atoms. The molecule has 0 amide bonds. The molecule has 68 heavy (non-hydrogen) atoms. The van der Waals surface area contributed by atoms with Crippen molar-refractivity contribution in [3.63, 3.8) is 0 Å². The first kappa shape index (κ1) is 44.5. The Morgan fingerprint density at radius 3 is 0.853 bits per heavy atom. The highest BCUT2D eigenvalue weighted by molar-refractivity contribution is 5.84. The van der Waals surface area contributed by atoms with Crippen LogP contribution in [0.15, 0.2) is 280 Å². The van der Waals surface area contributed by atoms with E-state index in [0.29, 0.717) is 0 Å². The van der Waals surface area contributed by atoms with Gasteiger partial charge in [0.1, 0.15) is 0 Å². The zero-order valence-electron chi connectivity index (χ0n) is 38.7. The fourth-order valence-electron chi connectivity index (χ4n) is 8.78. The Balaban J connectivity index is 0.974. The Morgan fingerprint density at radius 1 is 0.324 bits per heavy atom. The van der Waals surface area contributed by atoms with Crippen LogP contribution in [0.4, 0.5) is 34.1 Å². The van der Waals surface area contributed by atoms with Crippen molar-refractivity contribution in [3.8, 4) is 44.5 Å². The van der Waals surface area contributed by atoms with Gasteiger partial charge in [-0.25, -0.2) is 0 Å². The largest absolute Gasteiger partial charge is 0.311 e. The Morgan fingerprint density at radius 2 is 0.588 bits per heavy atom. The summed E-state index contributed by atoms with van der Waals surface area (Å²) in [6, 6.07) is 82.8. The molecule has 9 rings (SSSR count). The van der Waals surface area contributed by atoms with Crippen molar-refractivity contribution in [1.29, 1.82) is 0 Å². The van der Waals surface area contributed by atoms with Crippen LogP contribution in [-0.4, -0.2) is 0 Å². The van der Waals surface area contributed by atoms with E-state index in [1.807, 2.05) is 12.2 Å². The van der Waals surface area contributed by atoms with Crippen LogP contribution in [0.25, 0.3) is 55.7 Å². The summed E-state index contributed by atoms with van der Waals surface area (Å²) in [5, 5.41) is 0. The highest BCUT2D eigenvalue weighted by Gasteiger charge is 2.16. The second-order valence-corrected chi connectivity index (χ2v) is 16.6. The maximum absolute atomic E-state index is 4.01. The van der Waals surface area contributed by atoms with Gasteiger partial charge in [0.15, 0.2) is 0 Å². The summed E-state index contributed by atoms with van der Waals surface area (Å²) in [6.07, 6.45) is 12.0. The van der Waals surface area contributed by atoms with E-state index in [9.17, 15) is 0 Å². The first-order valence-electron chi connectivity index (χ1n) is 23.2. The molecule has 2 heteroatoms. The van der Waals surface area contributed by atoms with Gasteiger partial charge in [0.25, 0.3) is 0 Å². The van der Waals surface area contributed by atoms with Crippen LogP contribution in [0.3, 0.4) is 0 Å². The van der Waals surface area contributed by atoms with Gasteiger partial charge in [0.2, 0.25) is 0 Å². The molecule has 0 saturated carbocycles. The molecule has 0 heterocycles. The molecule has 9 aromatic rings. The summed E-state index contributed by atoms with van der Waals surface area (Å²) in [4.78, 5) is 4.64. The maximum Gasteiger partial charge on any atom is 0.0462 e. The molecule has 0 unspecified atom stereocenters. The number of nitrogens with zero attached hydrogens (tertiary/aromatic N) is 2. The molecule has 9 aromatic carbocycles. The number of anilines is 6. The predicted molar refractivity (Wildman–Crippen MR) is 294 cm³/mol. The fraction of sp³-hybridized carbons (Fsp3) is 0.0303. The van der Waals surface area contributed by atoms with Crippen LogP contribution in [0, 0.1) is 0 Å². The molecular formula is C66H54N2. The average Bonchev–Trinajstić information content (AvgIpc) is 3.41. The Hall–Kier alpha value is -8.72. The molecule has 0 N–H and O–H groups in total. The molecule has 0 aliphatic carbocycles. The summed E-state index contributed by atoms with van der Waals surface area (Å²) in [5.74, 6) is 0. The fourth-order valence-corrected chi connectivity index (χ4v) is 8.78. The normalized spacial score (nSPS) is 11.6. The van der Waals surface area contributed by atoms with Gasteiger partial charge in [-0.2, -0.15) is 0 Å². The van der Waals surface area contributed by atoms with Crippen LogP contribution in [0.1, 0.15) is 25.0 Å². The van der Waals surface area contributed by atoms with Crippen molar-refractivity contribution in [3.05, 3.63) is 291 Å². The molecule has 2 nitrogen and oxygen atoms in total. The molecule has 0 aromatic heterocycles. The number of benzene rings is 9. The van der Waals surface area contributed by atoms with E-state index < -0.39 is 0 Å². The third-order valence-electron chi connectivity index (χ3n) is 12.4. The number of allylic oxidation sites excluding steroid dienone is 8. The Kier molecular flexibility index (Phi) is 13.8. The van der Waals surface area contributed by atoms with Crippen molar-refractivity contribution in [2.45, 2.75) is 13.8 Å². The lowest BCUT2D eigenvalue weighted by Gasteiger charge is -2.26. The smallest absolute Gasteiger partial charge is 0.0462 e. The van der Waals surface area contributed by atoms with Crippen molar-refractivity contribution in [1.82, 2.24) is 0 Å². The van der Waals surface area contributed by atoms with Crippen LogP contribution in [0.2, 0.25) is 0 Å². The van der Waals surface area contributed by atoms with Gasteiger partial charge in [-0.1, -0.05) is 207 Å². The van der Waals surface area contributed by atoms with Crippen molar-refractivity contribution in [2.75, 3.05) is 9.80 Å². The lowest BCUT2D eigenvalue weighted by atomic mass is 9.99. The molecule has 0 fully saturated rings. The average molecular weight is 875 g/mol.